The number of carbonyl (C=O) groups excluding carboxylic acids is 1. The van der Waals surface area contributed by atoms with Gasteiger partial charge in [0.1, 0.15) is 18.1 Å². The minimum atomic E-state index is -4.44. The SMILES string of the molecule is COc1ccc(/C=C/C(=O)c2cccc(Br)c2)cc1COc1cccc(C(F)(F)F)c1. The lowest BCUT2D eigenvalue weighted by molar-refractivity contribution is -0.137. The summed E-state index contributed by atoms with van der Waals surface area (Å²) in [6.45, 7) is 0.00570. The fourth-order valence-electron chi connectivity index (χ4n) is 2.85. The Hall–Kier alpha value is -3.06. The number of benzene rings is 3. The Bertz CT molecular complexity index is 1110. The lowest BCUT2D eigenvalue weighted by atomic mass is 10.1. The molecule has 0 saturated heterocycles. The van der Waals surface area contributed by atoms with Crippen molar-refractivity contribution in [1.29, 1.82) is 0 Å². The maximum Gasteiger partial charge on any atom is 0.416 e. The van der Waals surface area contributed by atoms with Crippen molar-refractivity contribution in [1.82, 2.24) is 0 Å². The van der Waals surface area contributed by atoms with E-state index in [-0.39, 0.29) is 18.1 Å². The van der Waals surface area contributed by atoms with Crippen molar-refractivity contribution in [2.24, 2.45) is 0 Å². The lowest BCUT2D eigenvalue weighted by Crippen LogP contribution is -2.05. The molecule has 0 bridgehead atoms. The fraction of sp³-hybridized carbons (Fsp3) is 0.125. The van der Waals surface area contributed by atoms with E-state index in [0.717, 1.165) is 22.2 Å². The van der Waals surface area contributed by atoms with E-state index in [1.165, 1.54) is 25.3 Å². The topological polar surface area (TPSA) is 35.5 Å². The molecule has 0 aliphatic heterocycles. The van der Waals surface area contributed by atoms with Crippen molar-refractivity contribution in [2.75, 3.05) is 7.11 Å². The van der Waals surface area contributed by atoms with E-state index in [4.69, 9.17) is 9.47 Å². The number of rotatable bonds is 7. The highest BCUT2D eigenvalue weighted by Crippen LogP contribution is 2.32. The van der Waals surface area contributed by atoms with Crippen LogP contribution in [0.1, 0.15) is 27.0 Å². The Labute approximate surface area is 186 Å². The summed E-state index contributed by atoms with van der Waals surface area (Å²) in [4.78, 5) is 12.4. The summed E-state index contributed by atoms with van der Waals surface area (Å²) >= 11 is 3.34. The molecule has 0 N–H and O–H groups in total. The molecule has 0 heterocycles. The van der Waals surface area contributed by atoms with Gasteiger partial charge in [-0.25, -0.2) is 0 Å². The van der Waals surface area contributed by atoms with Crippen LogP contribution >= 0.6 is 15.9 Å². The molecule has 3 aromatic rings. The minimum Gasteiger partial charge on any atom is -0.496 e. The predicted octanol–water partition coefficient (Wildman–Crippen LogP) is 6.95. The molecule has 0 unspecified atom stereocenters. The minimum absolute atomic E-state index is 0.00570. The van der Waals surface area contributed by atoms with Crippen molar-refractivity contribution in [3.05, 3.63) is 99.5 Å². The highest BCUT2D eigenvalue weighted by atomic mass is 79.9. The summed E-state index contributed by atoms with van der Waals surface area (Å²) in [7, 11) is 1.50. The van der Waals surface area contributed by atoms with Crippen LogP contribution in [0, 0.1) is 0 Å². The first-order valence-electron chi connectivity index (χ1n) is 9.21. The quantitative estimate of drug-likeness (QED) is 0.265. The number of carbonyl (C=O) groups is 1. The highest BCUT2D eigenvalue weighted by Gasteiger charge is 2.30. The monoisotopic (exact) mass is 490 g/mol. The van der Waals surface area contributed by atoms with Gasteiger partial charge in [-0.15, -0.1) is 0 Å². The van der Waals surface area contributed by atoms with Crippen LogP contribution in [0.2, 0.25) is 0 Å². The molecular formula is C24H18BrF3O3. The maximum absolute atomic E-state index is 12.9. The molecule has 0 fully saturated rings. The van der Waals surface area contributed by atoms with Crippen LogP contribution in [-0.4, -0.2) is 12.9 Å². The Morgan fingerprint density at radius 1 is 1.03 bits per heavy atom. The van der Waals surface area contributed by atoms with Crippen molar-refractivity contribution >= 4 is 27.8 Å². The van der Waals surface area contributed by atoms with Gasteiger partial charge in [0.25, 0.3) is 0 Å². The summed E-state index contributed by atoms with van der Waals surface area (Å²) in [5, 5.41) is 0. The summed E-state index contributed by atoms with van der Waals surface area (Å²) in [6.07, 6.45) is -1.32. The van der Waals surface area contributed by atoms with Crippen LogP contribution in [0.4, 0.5) is 13.2 Å². The molecular weight excluding hydrogens is 473 g/mol. The zero-order valence-electron chi connectivity index (χ0n) is 16.4. The van der Waals surface area contributed by atoms with E-state index in [1.807, 2.05) is 6.07 Å². The van der Waals surface area contributed by atoms with Crippen molar-refractivity contribution in [3.8, 4) is 11.5 Å². The second kappa shape index (κ2) is 9.83. The predicted molar refractivity (Wildman–Crippen MR) is 116 cm³/mol. The molecule has 3 aromatic carbocycles. The number of hydrogen-bond donors (Lipinski definition) is 0. The summed E-state index contributed by atoms with van der Waals surface area (Å²) in [5.74, 6) is 0.476. The van der Waals surface area contributed by atoms with Crippen molar-refractivity contribution in [3.63, 3.8) is 0 Å². The van der Waals surface area contributed by atoms with Gasteiger partial charge in [0.05, 0.1) is 12.7 Å². The van der Waals surface area contributed by atoms with Crippen molar-refractivity contribution in [2.45, 2.75) is 12.8 Å². The Kier molecular flexibility index (Phi) is 7.17. The van der Waals surface area contributed by atoms with Crippen molar-refractivity contribution < 1.29 is 27.4 Å². The third-order valence-electron chi connectivity index (χ3n) is 4.40. The van der Waals surface area contributed by atoms with Crippen LogP contribution in [0.3, 0.4) is 0 Å². The number of alkyl halides is 3. The number of hydrogen-bond acceptors (Lipinski definition) is 3. The van der Waals surface area contributed by atoms with E-state index in [1.54, 1.807) is 42.5 Å². The molecule has 3 rings (SSSR count). The maximum atomic E-state index is 12.9. The number of methoxy groups -OCH3 is 1. The van der Waals surface area contributed by atoms with Gasteiger partial charge in [0, 0.05) is 15.6 Å². The van der Waals surface area contributed by atoms with Crippen LogP contribution < -0.4 is 9.47 Å². The molecule has 31 heavy (non-hydrogen) atoms. The second-order valence-corrected chi connectivity index (χ2v) is 7.51. The van der Waals surface area contributed by atoms with Gasteiger partial charge in [-0.1, -0.05) is 46.3 Å². The average Bonchev–Trinajstić information content (AvgIpc) is 2.75. The van der Waals surface area contributed by atoms with Crippen LogP contribution in [0.5, 0.6) is 11.5 Å². The van der Waals surface area contributed by atoms with Gasteiger partial charge in [-0.2, -0.15) is 13.2 Å². The third kappa shape index (κ3) is 6.21. The van der Waals surface area contributed by atoms with Crippen LogP contribution in [-0.2, 0) is 12.8 Å². The van der Waals surface area contributed by atoms with E-state index < -0.39 is 11.7 Å². The molecule has 0 radical (unpaired) electrons. The lowest BCUT2D eigenvalue weighted by Gasteiger charge is -2.13. The number of allylic oxidation sites excluding steroid dienone is 1. The molecule has 160 valence electrons. The first-order valence-corrected chi connectivity index (χ1v) is 10.0. The first kappa shape index (κ1) is 22.6. The Morgan fingerprint density at radius 2 is 1.81 bits per heavy atom. The van der Waals surface area contributed by atoms with Gasteiger partial charge in [0.15, 0.2) is 5.78 Å². The largest absolute Gasteiger partial charge is 0.496 e. The van der Waals surface area contributed by atoms with Gasteiger partial charge in [0.2, 0.25) is 0 Å². The normalized spacial score (nSPS) is 11.5. The average molecular weight is 491 g/mol. The molecule has 0 aromatic heterocycles. The zero-order valence-corrected chi connectivity index (χ0v) is 18.0. The molecule has 0 amide bonds. The third-order valence-corrected chi connectivity index (χ3v) is 4.89. The number of ketones is 1. The van der Waals surface area contributed by atoms with Gasteiger partial charge in [-0.3, -0.25) is 4.79 Å². The van der Waals surface area contributed by atoms with E-state index in [0.29, 0.717) is 16.9 Å². The Balaban J connectivity index is 1.76. The summed E-state index contributed by atoms with van der Waals surface area (Å²) in [6, 6.07) is 17.0. The van der Waals surface area contributed by atoms with Crippen LogP contribution in [0.15, 0.2) is 77.3 Å². The molecule has 7 heteroatoms. The molecule has 3 nitrogen and oxygen atoms in total. The summed E-state index contributed by atoms with van der Waals surface area (Å²) < 4.78 is 50.3. The molecule has 0 saturated carbocycles. The first-order chi connectivity index (χ1) is 14.8. The molecule has 0 aliphatic rings. The van der Waals surface area contributed by atoms with E-state index >= 15 is 0 Å². The Morgan fingerprint density at radius 3 is 2.52 bits per heavy atom. The van der Waals surface area contributed by atoms with E-state index in [2.05, 4.69) is 15.9 Å². The number of halogens is 4. The van der Waals surface area contributed by atoms with Gasteiger partial charge >= 0.3 is 6.18 Å². The molecule has 0 atom stereocenters. The summed E-state index contributed by atoms with van der Waals surface area (Å²) in [5.41, 5.74) is 1.13. The van der Waals surface area contributed by atoms with Crippen LogP contribution in [0.25, 0.3) is 6.08 Å². The molecule has 0 spiro atoms. The fourth-order valence-corrected chi connectivity index (χ4v) is 3.25. The van der Waals surface area contributed by atoms with E-state index in [9.17, 15) is 18.0 Å². The smallest absolute Gasteiger partial charge is 0.416 e. The second-order valence-electron chi connectivity index (χ2n) is 6.59. The highest BCUT2D eigenvalue weighted by molar-refractivity contribution is 9.10. The number of ether oxygens (including phenoxy) is 2. The van der Waals surface area contributed by atoms with Gasteiger partial charge < -0.3 is 9.47 Å². The zero-order chi connectivity index (χ0) is 22.4. The molecule has 0 aliphatic carbocycles. The van der Waals surface area contributed by atoms with Gasteiger partial charge in [-0.05, 0) is 54.1 Å². The standard InChI is InChI=1S/C24H18BrF3O3/c1-30-23-11-9-16(8-10-22(29)17-4-2-6-20(25)13-17)12-18(23)15-31-21-7-3-5-19(14-21)24(26,27)28/h2-14H,15H2,1H3/b10-8+.